The van der Waals surface area contributed by atoms with Crippen LogP contribution < -0.4 is 5.32 Å². The molecule has 0 saturated carbocycles. The van der Waals surface area contributed by atoms with Gasteiger partial charge in [-0.25, -0.2) is 9.78 Å². The van der Waals surface area contributed by atoms with Gasteiger partial charge in [-0.1, -0.05) is 13.0 Å². The van der Waals surface area contributed by atoms with E-state index in [1.807, 2.05) is 19.9 Å². The molecule has 23 heavy (non-hydrogen) atoms. The van der Waals surface area contributed by atoms with Gasteiger partial charge in [0.25, 0.3) is 5.91 Å². The highest BCUT2D eigenvalue weighted by molar-refractivity contribution is 5.97. The lowest BCUT2D eigenvalue weighted by atomic mass is 10.2. The van der Waals surface area contributed by atoms with E-state index in [0.717, 1.165) is 5.56 Å². The van der Waals surface area contributed by atoms with E-state index < -0.39 is 30.3 Å². The third-order valence-corrected chi connectivity index (χ3v) is 3.45. The molecule has 122 valence electrons. The second-order valence-electron chi connectivity index (χ2n) is 5.11. The van der Waals surface area contributed by atoms with E-state index in [9.17, 15) is 14.4 Å². The number of aryl methyl sites for hydroxylation is 2. The minimum absolute atomic E-state index is 0.225. The lowest BCUT2D eigenvalue weighted by molar-refractivity contribution is -0.145. The van der Waals surface area contributed by atoms with Crippen molar-refractivity contribution in [1.82, 2.24) is 14.7 Å². The quantitative estimate of drug-likeness (QED) is 0.726. The number of carboxylic acids is 2. The van der Waals surface area contributed by atoms with E-state index in [4.69, 9.17) is 10.2 Å². The molecular weight excluding hydrogens is 302 g/mol. The normalized spacial score (nSPS) is 12.1. The van der Waals surface area contributed by atoms with Crippen LogP contribution in [0.3, 0.4) is 0 Å². The first-order valence-electron chi connectivity index (χ1n) is 7.07. The fourth-order valence-electron chi connectivity index (χ4n) is 2.34. The summed E-state index contributed by atoms with van der Waals surface area (Å²) in [5.41, 5.74) is 2.24. The third-order valence-electron chi connectivity index (χ3n) is 3.45. The van der Waals surface area contributed by atoms with E-state index in [1.54, 1.807) is 16.7 Å². The average Bonchev–Trinajstić information content (AvgIpc) is 2.86. The summed E-state index contributed by atoms with van der Waals surface area (Å²) in [5.74, 6) is -3.36. The number of carbonyl (C=O) groups is 3. The van der Waals surface area contributed by atoms with Gasteiger partial charge in [0.15, 0.2) is 0 Å². The van der Waals surface area contributed by atoms with Crippen LogP contribution in [0.15, 0.2) is 18.3 Å². The van der Waals surface area contributed by atoms with Crippen LogP contribution in [0.5, 0.6) is 0 Å². The lowest BCUT2D eigenvalue weighted by Gasteiger charge is -2.13. The number of nitrogens with one attached hydrogen (secondary N) is 1. The third kappa shape index (κ3) is 3.31. The summed E-state index contributed by atoms with van der Waals surface area (Å²) in [4.78, 5) is 38.7. The Bertz CT molecular complexity index is 781. The number of hydrogen-bond donors (Lipinski definition) is 3. The maximum Gasteiger partial charge on any atom is 0.326 e. The van der Waals surface area contributed by atoms with Crippen molar-refractivity contribution >= 4 is 23.5 Å². The van der Waals surface area contributed by atoms with Gasteiger partial charge in [0, 0.05) is 6.20 Å². The largest absolute Gasteiger partial charge is 0.481 e. The Morgan fingerprint density at radius 2 is 2.04 bits per heavy atom. The van der Waals surface area contributed by atoms with Gasteiger partial charge in [-0.15, -0.1) is 0 Å². The minimum Gasteiger partial charge on any atom is -0.481 e. The molecule has 0 fully saturated rings. The van der Waals surface area contributed by atoms with E-state index in [0.29, 0.717) is 17.8 Å². The number of pyridine rings is 1. The van der Waals surface area contributed by atoms with Crippen molar-refractivity contribution in [3.05, 3.63) is 35.3 Å². The summed E-state index contributed by atoms with van der Waals surface area (Å²) in [6.07, 6.45) is 1.45. The van der Waals surface area contributed by atoms with E-state index in [2.05, 4.69) is 10.3 Å². The minimum atomic E-state index is -1.50. The summed E-state index contributed by atoms with van der Waals surface area (Å²) < 4.78 is 1.59. The van der Waals surface area contributed by atoms with Gasteiger partial charge >= 0.3 is 11.9 Å². The van der Waals surface area contributed by atoms with Crippen molar-refractivity contribution in [2.24, 2.45) is 0 Å². The number of carboxylic acid groups (broad SMARTS) is 2. The van der Waals surface area contributed by atoms with Crippen LogP contribution in [-0.2, 0) is 16.0 Å². The molecule has 3 N–H and O–H groups in total. The Kier molecular flexibility index (Phi) is 4.63. The zero-order chi connectivity index (χ0) is 17.1. The number of aromatic nitrogens is 2. The summed E-state index contributed by atoms with van der Waals surface area (Å²) in [5, 5.41) is 20.1. The maximum absolute atomic E-state index is 12.5. The molecule has 0 spiro atoms. The Morgan fingerprint density at radius 1 is 1.35 bits per heavy atom. The lowest BCUT2D eigenvalue weighted by Crippen LogP contribution is -2.42. The maximum atomic E-state index is 12.5. The molecule has 0 radical (unpaired) electrons. The van der Waals surface area contributed by atoms with Gasteiger partial charge in [0.05, 0.1) is 12.1 Å². The van der Waals surface area contributed by atoms with Crippen molar-refractivity contribution in [3.63, 3.8) is 0 Å². The highest BCUT2D eigenvalue weighted by Crippen LogP contribution is 2.17. The number of aliphatic carboxylic acids is 2. The molecule has 0 aliphatic rings. The van der Waals surface area contributed by atoms with Gasteiger partial charge in [0.2, 0.25) is 0 Å². The number of nitrogens with zero attached hydrogens (tertiary/aromatic N) is 2. The molecule has 8 heteroatoms. The van der Waals surface area contributed by atoms with Crippen LogP contribution in [-0.4, -0.2) is 43.5 Å². The van der Waals surface area contributed by atoms with Crippen LogP contribution >= 0.6 is 0 Å². The molecule has 0 saturated heterocycles. The number of imidazole rings is 1. The molecule has 0 aliphatic carbocycles. The molecule has 0 aliphatic heterocycles. The molecule has 8 nitrogen and oxygen atoms in total. The number of carbonyl (C=O) groups excluding carboxylic acids is 1. The molecule has 2 rings (SSSR count). The Labute approximate surface area is 131 Å². The molecule has 1 amide bonds. The van der Waals surface area contributed by atoms with Crippen LogP contribution in [0.25, 0.3) is 5.65 Å². The van der Waals surface area contributed by atoms with Crippen LogP contribution in [0.1, 0.15) is 35.1 Å². The summed E-state index contributed by atoms with van der Waals surface area (Å²) in [6, 6.07) is 2.11. The number of hydrogen-bond acceptors (Lipinski definition) is 4. The SMILES string of the molecule is CCc1nc2c(C)cccn2c1C(=O)NC(CC(=O)O)C(=O)O. The molecule has 2 aromatic rings. The number of amides is 1. The summed E-state index contributed by atoms with van der Waals surface area (Å²) in [7, 11) is 0. The predicted octanol–water partition coefficient (Wildman–Crippen LogP) is 0.863. The van der Waals surface area contributed by atoms with Crippen LogP contribution in [0, 0.1) is 6.92 Å². The summed E-state index contributed by atoms with van der Waals surface area (Å²) in [6.45, 7) is 3.69. The standard InChI is InChI=1S/C15H17N3O5/c1-3-9-12(18-6-4-5-8(2)13(18)16-9)14(21)17-10(15(22)23)7-11(19)20/h4-6,10H,3,7H2,1-2H3,(H,17,21)(H,19,20)(H,22,23). The summed E-state index contributed by atoms with van der Waals surface area (Å²) >= 11 is 0. The topological polar surface area (TPSA) is 121 Å². The van der Waals surface area contributed by atoms with Gasteiger partial charge in [-0.3, -0.25) is 14.0 Å². The Morgan fingerprint density at radius 3 is 2.61 bits per heavy atom. The molecule has 0 bridgehead atoms. The van der Waals surface area contributed by atoms with E-state index in [1.165, 1.54) is 0 Å². The van der Waals surface area contributed by atoms with Gasteiger partial charge in [-0.05, 0) is 25.0 Å². The van der Waals surface area contributed by atoms with Crippen LogP contribution in [0.4, 0.5) is 0 Å². The predicted molar refractivity (Wildman–Crippen MR) is 80.4 cm³/mol. The van der Waals surface area contributed by atoms with Crippen LogP contribution in [0.2, 0.25) is 0 Å². The Hall–Kier alpha value is -2.90. The van der Waals surface area contributed by atoms with Crippen molar-refractivity contribution in [2.45, 2.75) is 32.7 Å². The molecule has 1 atom stereocenters. The first-order chi connectivity index (χ1) is 10.8. The number of rotatable bonds is 6. The van der Waals surface area contributed by atoms with Gasteiger partial charge in [-0.2, -0.15) is 0 Å². The fraction of sp³-hybridized carbons (Fsp3) is 0.333. The molecule has 0 aromatic carbocycles. The second-order valence-corrected chi connectivity index (χ2v) is 5.11. The monoisotopic (exact) mass is 319 g/mol. The molecule has 1 unspecified atom stereocenters. The van der Waals surface area contributed by atoms with Crippen molar-refractivity contribution in [2.75, 3.05) is 0 Å². The van der Waals surface area contributed by atoms with E-state index >= 15 is 0 Å². The van der Waals surface area contributed by atoms with Gasteiger partial charge in [0.1, 0.15) is 17.4 Å². The first kappa shape index (κ1) is 16.5. The Balaban J connectivity index is 2.42. The zero-order valence-corrected chi connectivity index (χ0v) is 12.7. The molecular formula is C15H17N3O5. The first-order valence-corrected chi connectivity index (χ1v) is 7.07. The van der Waals surface area contributed by atoms with Crippen molar-refractivity contribution < 1.29 is 24.6 Å². The average molecular weight is 319 g/mol. The number of fused-ring (bicyclic) bond motifs is 1. The smallest absolute Gasteiger partial charge is 0.326 e. The highest BCUT2D eigenvalue weighted by Gasteiger charge is 2.26. The second kappa shape index (κ2) is 6.47. The molecule has 2 heterocycles. The molecule has 2 aromatic heterocycles. The highest BCUT2D eigenvalue weighted by atomic mass is 16.4. The van der Waals surface area contributed by atoms with Crippen molar-refractivity contribution in [3.8, 4) is 0 Å². The fourth-order valence-corrected chi connectivity index (χ4v) is 2.34. The zero-order valence-electron chi connectivity index (χ0n) is 12.7. The van der Waals surface area contributed by atoms with Gasteiger partial charge < -0.3 is 15.5 Å². The van der Waals surface area contributed by atoms with E-state index in [-0.39, 0.29) is 5.69 Å². The van der Waals surface area contributed by atoms with Crippen molar-refractivity contribution in [1.29, 1.82) is 0 Å².